The van der Waals surface area contributed by atoms with Crippen molar-refractivity contribution in [2.75, 3.05) is 26.0 Å². The molecule has 0 spiro atoms. The monoisotopic (exact) mass is 340 g/mol. The summed E-state index contributed by atoms with van der Waals surface area (Å²) in [5.74, 6) is 0.757. The van der Waals surface area contributed by atoms with Gasteiger partial charge in [-0.25, -0.2) is 4.79 Å². The molecule has 0 heterocycles. The van der Waals surface area contributed by atoms with E-state index in [1.807, 2.05) is 42.5 Å². The number of nitrogens with one attached hydrogen (secondary N) is 3. The minimum absolute atomic E-state index is 0.478. The van der Waals surface area contributed by atoms with Crippen LogP contribution < -0.4 is 16.0 Å². The first-order valence-electron chi connectivity index (χ1n) is 8.13. The maximum Gasteiger partial charge on any atom is 0.411 e. The lowest BCUT2D eigenvalue weighted by molar-refractivity contribution is 0.187. The molecule has 0 aliphatic rings. The van der Waals surface area contributed by atoms with Crippen LogP contribution in [0.3, 0.4) is 0 Å². The number of ether oxygens (including phenoxy) is 1. The number of benzene rings is 2. The molecular formula is C19H24N4O2. The van der Waals surface area contributed by atoms with Crippen LogP contribution in [0.1, 0.15) is 11.1 Å². The highest BCUT2D eigenvalue weighted by Crippen LogP contribution is 2.09. The number of nitrogens with zero attached hydrogens (tertiary/aromatic N) is 1. The van der Waals surface area contributed by atoms with Crippen LogP contribution in [-0.2, 0) is 17.7 Å². The van der Waals surface area contributed by atoms with Gasteiger partial charge in [0.25, 0.3) is 0 Å². The summed E-state index contributed by atoms with van der Waals surface area (Å²) in [5, 5.41) is 9.19. The third kappa shape index (κ3) is 6.55. The van der Waals surface area contributed by atoms with Crippen molar-refractivity contribution in [3.05, 3.63) is 65.7 Å². The topological polar surface area (TPSA) is 74.8 Å². The molecule has 0 unspecified atom stereocenters. The fourth-order valence-electron chi connectivity index (χ4n) is 2.25. The van der Waals surface area contributed by atoms with E-state index in [0.29, 0.717) is 12.2 Å². The highest BCUT2D eigenvalue weighted by molar-refractivity contribution is 5.84. The molecule has 25 heavy (non-hydrogen) atoms. The van der Waals surface area contributed by atoms with Crippen molar-refractivity contribution in [1.82, 2.24) is 10.6 Å². The van der Waals surface area contributed by atoms with Crippen LogP contribution in [0.25, 0.3) is 0 Å². The Kier molecular flexibility index (Phi) is 7.31. The smallest absolute Gasteiger partial charge is 0.411 e. The highest BCUT2D eigenvalue weighted by Gasteiger charge is 2.02. The normalized spacial score (nSPS) is 10.9. The number of aliphatic imine (C=N–C) groups is 1. The van der Waals surface area contributed by atoms with E-state index >= 15 is 0 Å². The molecule has 1 amide bonds. The Hall–Kier alpha value is -3.02. The number of hydrogen-bond acceptors (Lipinski definition) is 3. The average molecular weight is 340 g/mol. The van der Waals surface area contributed by atoms with Crippen molar-refractivity contribution in [1.29, 1.82) is 0 Å². The van der Waals surface area contributed by atoms with Crippen LogP contribution in [0.5, 0.6) is 0 Å². The predicted octanol–water partition coefficient (Wildman–Crippen LogP) is 2.77. The third-order valence-corrected chi connectivity index (χ3v) is 3.62. The van der Waals surface area contributed by atoms with Crippen molar-refractivity contribution in [3.63, 3.8) is 0 Å². The molecule has 0 radical (unpaired) electrons. The van der Waals surface area contributed by atoms with Gasteiger partial charge in [0, 0.05) is 25.8 Å². The number of guanidine groups is 1. The molecule has 3 N–H and O–H groups in total. The van der Waals surface area contributed by atoms with Crippen molar-refractivity contribution in [3.8, 4) is 0 Å². The summed E-state index contributed by atoms with van der Waals surface area (Å²) in [6.07, 6.45) is 0.462. The highest BCUT2D eigenvalue weighted by atomic mass is 16.5. The minimum atomic E-state index is -0.478. The van der Waals surface area contributed by atoms with Gasteiger partial charge in [-0.2, -0.15) is 0 Å². The van der Waals surface area contributed by atoms with Crippen molar-refractivity contribution in [2.45, 2.75) is 13.0 Å². The van der Waals surface area contributed by atoms with Gasteiger partial charge < -0.3 is 15.4 Å². The van der Waals surface area contributed by atoms with Gasteiger partial charge in [0.05, 0.1) is 7.11 Å². The van der Waals surface area contributed by atoms with E-state index in [9.17, 15) is 4.79 Å². The standard InChI is InChI=1S/C19H24N4O2/c1-20-18(21-13-12-15-6-4-3-5-7-15)22-14-16-8-10-17(11-9-16)23-19(24)25-2/h3-11H,12-14H2,1-2H3,(H,23,24)(H2,20,21,22). The van der Waals surface area contributed by atoms with Crippen LogP contribution in [0.2, 0.25) is 0 Å². The Balaban J connectivity index is 1.75. The molecule has 6 nitrogen and oxygen atoms in total. The quantitative estimate of drug-likeness (QED) is 0.558. The molecule has 2 rings (SSSR count). The van der Waals surface area contributed by atoms with Gasteiger partial charge in [0.2, 0.25) is 0 Å². The Bertz CT molecular complexity index is 684. The zero-order valence-corrected chi connectivity index (χ0v) is 14.6. The number of rotatable bonds is 6. The molecule has 0 aliphatic carbocycles. The summed E-state index contributed by atoms with van der Waals surface area (Å²) >= 11 is 0. The molecule has 0 aliphatic heterocycles. The number of hydrogen-bond donors (Lipinski definition) is 3. The molecule has 0 saturated carbocycles. The fourth-order valence-corrected chi connectivity index (χ4v) is 2.25. The van der Waals surface area contributed by atoms with Gasteiger partial charge in [-0.15, -0.1) is 0 Å². The lowest BCUT2D eigenvalue weighted by Gasteiger charge is -2.12. The maximum atomic E-state index is 11.2. The second-order valence-electron chi connectivity index (χ2n) is 5.40. The van der Waals surface area contributed by atoms with Gasteiger partial charge in [-0.3, -0.25) is 10.3 Å². The van der Waals surface area contributed by atoms with Crippen molar-refractivity contribution in [2.24, 2.45) is 4.99 Å². The van der Waals surface area contributed by atoms with Crippen LogP contribution in [0, 0.1) is 0 Å². The van der Waals surface area contributed by atoms with Gasteiger partial charge in [0.1, 0.15) is 0 Å². The van der Waals surface area contributed by atoms with Crippen LogP contribution in [-0.4, -0.2) is 32.8 Å². The minimum Gasteiger partial charge on any atom is -0.453 e. The number of carbonyl (C=O) groups excluding carboxylic acids is 1. The molecule has 0 aromatic heterocycles. The van der Waals surface area contributed by atoms with E-state index in [0.717, 1.165) is 24.5 Å². The predicted molar refractivity (Wildman–Crippen MR) is 101 cm³/mol. The molecule has 0 atom stereocenters. The van der Waals surface area contributed by atoms with Gasteiger partial charge in [-0.1, -0.05) is 42.5 Å². The first-order chi connectivity index (χ1) is 12.2. The first kappa shape index (κ1) is 18.3. The number of amides is 1. The number of anilines is 1. The summed E-state index contributed by atoms with van der Waals surface area (Å²) in [7, 11) is 3.09. The molecule has 6 heteroatoms. The molecule has 0 saturated heterocycles. The first-order valence-corrected chi connectivity index (χ1v) is 8.13. The molecule has 2 aromatic carbocycles. The van der Waals surface area contributed by atoms with E-state index in [1.165, 1.54) is 12.7 Å². The van der Waals surface area contributed by atoms with Crippen LogP contribution in [0.15, 0.2) is 59.6 Å². The SMILES string of the molecule is CN=C(NCCc1ccccc1)NCc1ccc(NC(=O)OC)cc1. The average Bonchev–Trinajstić information content (AvgIpc) is 2.66. The van der Waals surface area contributed by atoms with Crippen molar-refractivity contribution < 1.29 is 9.53 Å². The maximum absolute atomic E-state index is 11.2. The zero-order chi connectivity index (χ0) is 17.9. The molecule has 0 bridgehead atoms. The van der Waals surface area contributed by atoms with Crippen molar-refractivity contribution >= 4 is 17.7 Å². The second kappa shape index (κ2) is 9.97. The Morgan fingerprint density at radius 3 is 2.36 bits per heavy atom. The van der Waals surface area contributed by atoms with Crippen LogP contribution >= 0.6 is 0 Å². The van der Waals surface area contributed by atoms with Gasteiger partial charge >= 0.3 is 6.09 Å². The zero-order valence-electron chi connectivity index (χ0n) is 14.6. The lowest BCUT2D eigenvalue weighted by atomic mass is 10.1. The summed E-state index contributed by atoms with van der Waals surface area (Å²) in [4.78, 5) is 15.4. The second-order valence-corrected chi connectivity index (χ2v) is 5.40. The molecular weight excluding hydrogens is 316 g/mol. The Morgan fingerprint density at radius 1 is 1.00 bits per heavy atom. The van der Waals surface area contributed by atoms with Crippen LogP contribution in [0.4, 0.5) is 10.5 Å². The number of methoxy groups -OCH3 is 1. The summed E-state index contributed by atoms with van der Waals surface area (Å²) < 4.78 is 4.56. The molecule has 2 aromatic rings. The van der Waals surface area contributed by atoms with Gasteiger partial charge in [0.15, 0.2) is 5.96 Å². The molecule has 132 valence electrons. The number of carbonyl (C=O) groups is 1. The fraction of sp³-hybridized carbons (Fsp3) is 0.263. The van der Waals surface area contributed by atoms with E-state index in [1.54, 1.807) is 7.05 Å². The van der Waals surface area contributed by atoms with E-state index in [-0.39, 0.29) is 0 Å². The van der Waals surface area contributed by atoms with E-state index < -0.39 is 6.09 Å². The van der Waals surface area contributed by atoms with E-state index in [2.05, 4.69) is 37.8 Å². The van der Waals surface area contributed by atoms with E-state index in [4.69, 9.17) is 0 Å². The third-order valence-electron chi connectivity index (χ3n) is 3.62. The summed E-state index contributed by atoms with van der Waals surface area (Å²) in [5.41, 5.74) is 3.07. The summed E-state index contributed by atoms with van der Waals surface area (Å²) in [6.45, 7) is 1.45. The Labute approximate surface area is 148 Å². The lowest BCUT2D eigenvalue weighted by Crippen LogP contribution is -2.37. The Morgan fingerprint density at radius 2 is 1.72 bits per heavy atom. The largest absolute Gasteiger partial charge is 0.453 e. The molecule has 0 fully saturated rings. The summed E-state index contributed by atoms with van der Waals surface area (Å²) in [6, 6.07) is 17.9. The van der Waals surface area contributed by atoms with Gasteiger partial charge in [-0.05, 0) is 29.7 Å².